The summed E-state index contributed by atoms with van der Waals surface area (Å²) in [5.74, 6) is 1.21. The Hall–Kier alpha value is -1.41. The van der Waals surface area contributed by atoms with Gasteiger partial charge in [-0.1, -0.05) is 0 Å². The molecule has 2 rings (SSSR count). The quantitative estimate of drug-likeness (QED) is 0.743. The smallest absolute Gasteiger partial charge is 0.225 e. The molecule has 0 atom stereocenters. The molecule has 0 unspecified atom stereocenters. The summed E-state index contributed by atoms with van der Waals surface area (Å²) in [5, 5.41) is 0. The van der Waals surface area contributed by atoms with E-state index in [4.69, 9.17) is 4.74 Å². The molecule has 0 amide bonds. The van der Waals surface area contributed by atoms with Crippen LogP contribution in [0.3, 0.4) is 0 Å². The van der Waals surface area contributed by atoms with E-state index in [2.05, 4.69) is 9.97 Å². The van der Waals surface area contributed by atoms with Crippen LogP contribution in [-0.4, -0.2) is 62.2 Å². The van der Waals surface area contributed by atoms with Crippen LogP contribution < -0.4 is 9.64 Å². The van der Waals surface area contributed by atoms with Crippen molar-refractivity contribution in [1.82, 2.24) is 14.3 Å². The Kier molecular flexibility index (Phi) is 3.67. The van der Waals surface area contributed by atoms with Gasteiger partial charge in [-0.3, -0.25) is 0 Å². The van der Waals surface area contributed by atoms with E-state index in [0.717, 1.165) is 0 Å². The third-order valence-electron chi connectivity index (χ3n) is 2.84. The van der Waals surface area contributed by atoms with E-state index in [1.807, 2.05) is 4.90 Å². The van der Waals surface area contributed by atoms with Crippen molar-refractivity contribution in [2.45, 2.75) is 0 Å². The fraction of sp³-hybridized carbons (Fsp3) is 0.600. The van der Waals surface area contributed by atoms with Crippen molar-refractivity contribution in [1.29, 1.82) is 0 Å². The lowest BCUT2D eigenvalue weighted by Crippen LogP contribution is -2.48. The van der Waals surface area contributed by atoms with E-state index >= 15 is 0 Å². The summed E-state index contributed by atoms with van der Waals surface area (Å²) in [6, 6.07) is 0. The molecule has 0 radical (unpaired) electrons. The van der Waals surface area contributed by atoms with Crippen LogP contribution in [0.25, 0.3) is 0 Å². The lowest BCUT2D eigenvalue weighted by atomic mass is 10.4. The molecule has 100 valence electrons. The first-order chi connectivity index (χ1) is 8.50. The molecule has 0 N–H and O–H groups in total. The van der Waals surface area contributed by atoms with Gasteiger partial charge in [-0.25, -0.2) is 18.4 Å². The number of methoxy groups -OCH3 is 1. The van der Waals surface area contributed by atoms with Crippen LogP contribution in [0.1, 0.15) is 0 Å². The van der Waals surface area contributed by atoms with Gasteiger partial charge in [0.15, 0.2) is 5.75 Å². The minimum absolute atomic E-state index is 0.466. The van der Waals surface area contributed by atoms with Gasteiger partial charge in [0.05, 0.1) is 25.8 Å². The molecule has 8 heteroatoms. The Morgan fingerprint density at radius 2 is 1.72 bits per heavy atom. The molecule has 1 saturated heterocycles. The maximum Gasteiger partial charge on any atom is 0.225 e. The zero-order chi connectivity index (χ0) is 13.2. The highest BCUT2D eigenvalue weighted by atomic mass is 32.2. The van der Waals surface area contributed by atoms with Gasteiger partial charge in [-0.2, -0.15) is 4.31 Å². The van der Waals surface area contributed by atoms with E-state index in [1.165, 1.54) is 10.6 Å². The first-order valence-electron chi connectivity index (χ1n) is 5.57. The second-order valence-corrected chi connectivity index (χ2v) is 6.05. The molecule has 0 aromatic carbocycles. The lowest BCUT2D eigenvalue weighted by Gasteiger charge is -2.33. The highest BCUT2D eigenvalue weighted by molar-refractivity contribution is 7.88. The zero-order valence-electron chi connectivity index (χ0n) is 10.4. The first kappa shape index (κ1) is 13.0. The summed E-state index contributed by atoms with van der Waals surface area (Å²) in [4.78, 5) is 10.3. The van der Waals surface area contributed by atoms with Crippen molar-refractivity contribution < 1.29 is 13.2 Å². The molecule has 1 fully saturated rings. The van der Waals surface area contributed by atoms with Gasteiger partial charge < -0.3 is 9.64 Å². The SMILES string of the molecule is COc1cnc(N2CCN(S(C)(=O)=O)CC2)nc1. The van der Waals surface area contributed by atoms with Crippen molar-refractivity contribution in [2.24, 2.45) is 0 Å². The molecule has 2 heterocycles. The summed E-state index contributed by atoms with van der Waals surface area (Å²) in [7, 11) is -1.54. The number of piperazine rings is 1. The van der Waals surface area contributed by atoms with Crippen LogP contribution >= 0.6 is 0 Å². The standard InChI is InChI=1S/C10H16N4O3S/c1-17-9-7-11-10(12-8-9)13-3-5-14(6-4-13)18(2,15)16/h7-8H,3-6H2,1-2H3. The Labute approximate surface area is 106 Å². The number of hydrogen-bond donors (Lipinski definition) is 0. The zero-order valence-corrected chi connectivity index (χ0v) is 11.2. The van der Waals surface area contributed by atoms with Gasteiger partial charge in [0.25, 0.3) is 0 Å². The van der Waals surface area contributed by atoms with Gasteiger partial charge in [0.1, 0.15) is 0 Å². The molecule has 1 aliphatic rings. The number of sulfonamides is 1. The number of nitrogens with zero attached hydrogens (tertiary/aromatic N) is 4. The number of ether oxygens (including phenoxy) is 1. The van der Waals surface area contributed by atoms with Gasteiger partial charge in [0.2, 0.25) is 16.0 Å². The molecule has 1 aromatic rings. The minimum Gasteiger partial charge on any atom is -0.494 e. The normalized spacial score (nSPS) is 17.8. The van der Waals surface area contributed by atoms with E-state index in [1.54, 1.807) is 19.5 Å². The molecule has 0 saturated carbocycles. The number of aromatic nitrogens is 2. The summed E-state index contributed by atoms with van der Waals surface area (Å²) in [5.41, 5.74) is 0. The second kappa shape index (κ2) is 5.07. The average Bonchev–Trinajstić information content (AvgIpc) is 2.38. The Morgan fingerprint density at radius 1 is 1.17 bits per heavy atom. The highest BCUT2D eigenvalue weighted by Crippen LogP contribution is 2.14. The molecule has 18 heavy (non-hydrogen) atoms. The minimum atomic E-state index is -3.10. The largest absolute Gasteiger partial charge is 0.494 e. The van der Waals surface area contributed by atoms with E-state index in [9.17, 15) is 8.42 Å². The lowest BCUT2D eigenvalue weighted by molar-refractivity contribution is 0.384. The fourth-order valence-corrected chi connectivity index (χ4v) is 2.62. The van der Waals surface area contributed by atoms with Gasteiger partial charge in [0, 0.05) is 26.2 Å². The van der Waals surface area contributed by atoms with Crippen LogP contribution in [0.15, 0.2) is 12.4 Å². The van der Waals surface area contributed by atoms with Crippen molar-refractivity contribution >= 4 is 16.0 Å². The predicted molar refractivity (Wildman–Crippen MR) is 67.2 cm³/mol. The molecular formula is C10H16N4O3S. The van der Waals surface area contributed by atoms with Crippen molar-refractivity contribution in [3.63, 3.8) is 0 Å². The molecular weight excluding hydrogens is 256 g/mol. The van der Waals surface area contributed by atoms with E-state index in [0.29, 0.717) is 37.9 Å². The Balaban J connectivity index is 2.01. The maximum absolute atomic E-state index is 11.4. The van der Waals surface area contributed by atoms with Crippen molar-refractivity contribution in [2.75, 3.05) is 44.4 Å². The monoisotopic (exact) mass is 272 g/mol. The third-order valence-corrected chi connectivity index (χ3v) is 4.14. The molecule has 7 nitrogen and oxygen atoms in total. The summed E-state index contributed by atoms with van der Waals surface area (Å²) < 4.78 is 29.2. The van der Waals surface area contributed by atoms with Gasteiger partial charge >= 0.3 is 0 Å². The number of hydrogen-bond acceptors (Lipinski definition) is 6. The molecule has 1 aliphatic heterocycles. The van der Waals surface area contributed by atoms with Crippen molar-refractivity contribution in [3.05, 3.63) is 12.4 Å². The Morgan fingerprint density at radius 3 is 2.17 bits per heavy atom. The van der Waals surface area contributed by atoms with Gasteiger partial charge in [-0.15, -0.1) is 0 Å². The summed E-state index contributed by atoms with van der Waals surface area (Å²) >= 11 is 0. The van der Waals surface area contributed by atoms with E-state index in [-0.39, 0.29) is 0 Å². The molecule has 1 aromatic heterocycles. The van der Waals surface area contributed by atoms with Crippen LogP contribution in [-0.2, 0) is 10.0 Å². The highest BCUT2D eigenvalue weighted by Gasteiger charge is 2.24. The van der Waals surface area contributed by atoms with E-state index < -0.39 is 10.0 Å². The van der Waals surface area contributed by atoms with Crippen molar-refractivity contribution in [3.8, 4) is 5.75 Å². The predicted octanol–water partition coefficient (Wildman–Crippen LogP) is -0.433. The second-order valence-electron chi connectivity index (χ2n) is 4.07. The van der Waals surface area contributed by atoms with Crippen LogP contribution in [0.2, 0.25) is 0 Å². The molecule has 0 bridgehead atoms. The summed E-state index contributed by atoms with van der Waals surface area (Å²) in [6.45, 7) is 2.13. The first-order valence-corrected chi connectivity index (χ1v) is 7.41. The fourth-order valence-electron chi connectivity index (χ4n) is 1.80. The molecule has 0 spiro atoms. The maximum atomic E-state index is 11.4. The van der Waals surface area contributed by atoms with Crippen LogP contribution in [0, 0.1) is 0 Å². The number of anilines is 1. The van der Waals surface area contributed by atoms with Gasteiger partial charge in [-0.05, 0) is 0 Å². The topological polar surface area (TPSA) is 75.6 Å². The summed E-state index contributed by atoms with van der Waals surface area (Å²) in [6.07, 6.45) is 4.43. The van der Waals surface area contributed by atoms with Crippen LogP contribution in [0.4, 0.5) is 5.95 Å². The third kappa shape index (κ3) is 2.88. The van der Waals surface area contributed by atoms with Crippen LogP contribution in [0.5, 0.6) is 5.75 Å². The Bertz CT molecular complexity index is 494. The average molecular weight is 272 g/mol. The molecule has 0 aliphatic carbocycles. The number of rotatable bonds is 3.